The Hall–Kier alpha value is -1.86. The average Bonchev–Trinajstić information content (AvgIpc) is 2.98. The molecule has 2 aliphatic rings. The summed E-state index contributed by atoms with van der Waals surface area (Å²) in [6, 6.07) is 1.82. The van der Waals surface area contributed by atoms with E-state index in [9.17, 15) is 9.59 Å². The number of amides is 2. The maximum absolute atomic E-state index is 12.6. The van der Waals surface area contributed by atoms with Crippen LogP contribution in [0.4, 0.5) is 0 Å². The molecule has 0 radical (unpaired) electrons. The highest BCUT2D eigenvalue weighted by atomic mass is 16.3. The van der Waals surface area contributed by atoms with Crippen LogP contribution in [0.2, 0.25) is 0 Å². The lowest BCUT2D eigenvalue weighted by atomic mass is 10.2. The van der Waals surface area contributed by atoms with Gasteiger partial charge < -0.3 is 19.5 Å². The normalized spacial score (nSPS) is 19.3. The van der Waals surface area contributed by atoms with Crippen molar-refractivity contribution in [3.63, 3.8) is 0 Å². The Kier molecular flexibility index (Phi) is 5.75. The molecule has 0 unspecified atom stereocenters. The van der Waals surface area contributed by atoms with Gasteiger partial charge in [-0.25, -0.2) is 0 Å². The van der Waals surface area contributed by atoms with Crippen LogP contribution in [0.5, 0.6) is 0 Å². The van der Waals surface area contributed by atoms with E-state index < -0.39 is 0 Å². The van der Waals surface area contributed by atoms with Gasteiger partial charge in [0.15, 0.2) is 0 Å². The maximum Gasteiger partial charge on any atom is 0.257 e. The average molecular weight is 348 g/mol. The van der Waals surface area contributed by atoms with Gasteiger partial charge in [0, 0.05) is 65.3 Å². The molecule has 0 bridgehead atoms. The van der Waals surface area contributed by atoms with Gasteiger partial charge in [-0.2, -0.15) is 0 Å². The second kappa shape index (κ2) is 8.01. The summed E-state index contributed by atoms with van der Waals surface area (Å²) in [6.45, 7) is 10.9. The first kappa shape index (κ1) is 17.9. The van der Waals surface area contributed by atoms with Gasteiger partial charge in [0.05, 0.1) is 5.56 Å². The van der Waals surface area contributed by atoms with Crippen LogP contribution in [0.3, 0.4) is 0 Å². The van der Waals surface area contributed by atoms with Crippen LogP contribution >= 0.6 is 0 Å². The molecule has 0 saturated carbocycles. The standard InChI is InChI=1S/C18H28N4O3/c1-14-13-16(15(2)25-14)18(24)22-11-9-20(10-12-22)6-3-17(23)21-7-4-19-5-8-21/h13,19H,3-12H2,1-2H3. The molecule has 3 heterocycles. The summed E-state index contributed by atoms with van der Waals surface area (Å²) >= 11 is 0. The zero-order chi connectivity index (χ0) is 17.8. The van der Waals surface area contributed by atoms with Crippen molar-refractivity contribution in [2.45, 2.75) is 20.3 Å². The van der Waals surface area contributed by atoms with Crippen molar-refractivity contribution < 1.29 is 14.0 Å². The van der Waals surface area contributed by atoms with Crippen LogP contribution in [0.25, 0.3) is 0 Å². The predicted molar refractivity (Wildman–Crippen MR) is 94.6 cm³/mol. The molecular weight excluding hydrogens is 320 g/mol. The predicted octanol–water partition coefficient (Wildman–Crippen LogP) is 0.476. The molecule has 0 aliphatic carbocycles. The number of carbonyl (C=O) groups is 2. The zero-order valence-corrected chi connectivity index (χ0v) is 15.2. The van der Waals surface area contributed by atoms with E-state index in [4.69, 9.17) is 4.42 Å². The monoisotopic (exact) mass is 348 g/mol. The molecule has 2 saturated heterocycles. The third-order valence-electron chi connectivity index (χ3n) is 5.04. The lowest BCUT2D eigenvalue weighted by molar-refractivity contribution is -0.132. The Balaban J connectivity index is 1.43. The Morgan fingerprint density at radius 2 is 1.72 bits per heavy atom. The van der Waals surface area contributed by atoms with Crippen LogP contribution in [0.15, 0.2) is 10.5 Å². The van der Waals surface area contributed by atoms with Gasteiger partial charge in [-0.15, -0.1) is 0 Å². The number of nitrogens with zero attached hydrogens (tertiary/aromatic N) is 3. The largest absolute Gasteiger partial charge is 0.466 e. The van der Waals surface area contributed by atoms with E-state index in [1.54, 1.807) is 0 Å². The summed E-state index contributed by atoms with van der Waals surface area (Å²) in [7, 11) is 0. The molecule has 1 N–H and O–H groups in total. The summed E-state index contributed by atoms with van der Waals surface area (Å²) in [5.41, 5.74) is 0.667. The fourth-order valence-corrected chi connectivity index (χ4v) is 3.51. The lowest BCUT2D eigenvalue weighted by Gasteiger charge is -2.35. The van der Waals surface area contributed by atoms with Gasteiger partial charge in [0.2, 0.25) is 5.91 Å². The molecule has 0 aromatic carbocycles. The Morgan fingerprint density at radius 1 is 1.04 bits per heavy atom. The van der Waals surface area contributed by atoms with Gasteiger partial charge in [-0.1, -0.05) is 0 Å². The third kappa shape index (κ3) is 4.41. The number of aryl methyl sites for hydroxylation is 2. The minimum atomic E-state index is 0.0471. The van der Waals surface area contributed by atoms with Gasteiger partial charge in [0.1, 0.15) is 11.5 Å². The summed E-state index contributed by atoms with van der Waals surface area (Å²) in [4.78, 5) is 30.9. The summed E-state index contributed by atoms with van der Waals surface area (Å²) in [6.07, 6.45) is 0.563. The molecule has 2 amide bonds. The third-order valence-corrected chi connectivity index (χ3v) is 5.04. The topological polar surface area (TPSA) is 69.0 Å². The van der Waals surface area contributed by atoms with Gasteiger partial charge in [0.25, 0.3) is 5.91 Å². The molecule has 1 aromatic rings. The van der Waals surface area contributed by atoms with Crippen molar-refractivity contribution in [3.8, 4) is 0 Å². The maximum atomic E-state index is 12.6. The number of carbonyl (C=O) groups excluding carboxylic acids is 2. The van der Waals surface area contributed by atoms with E-state index in [1.165, 1.54) is 0 Å². The Morgan fingerprint density at radius 3 is 2.32 bits per heavy atom. The Labute approximate surface area is 148 Å². The van der Waals surface area contributed by atoms with E-state index in [0.717, 1.165) is 51.6 Å². The summed E-state index contributed by atoms with van der Waals surface area (Å²) < 4.78 is 5.47. The number of rotatable bonds is 4. The van der Waals surface area contributed by atoms with Crippen molar-refractivity contribution in [1.82, 2.24) is 20.0 Å². The van der Waals surface area contributed by atoms with Crippen molar-refractivity contribution in [2.24, 2.45) is 0 Å². The minimum absolute atomic E-state index is 0.0471. The number of furan rings is 1. The zero-order valence-electron chi connectivity index (χ0n) is 15.2. The molecule has 3 rings (SSSR count). The molecule has 0 spiro atoms. The molecule has 1 aromatic heterocycles. The van der Waals surface area contributed by atoms with E-state index in [2.05, 4.69) is 10.2 Å². The fraction of sp³-hybridized carbons (Fsp3) is 0.667. The second-order valence-corrected chi connectivity index (χ2v) is 6.84. The van der Waals surface area contributed by atoms with Crippen LogP contribution in [-0.4, -0.2) is 85.4 Å². The van der Waals surface area contributed by atoms with Crippen LogP contribution in [0, 0.1) is 13.8 Å². The molecule has 25 heavy (non-hydrogen) atoms. The van der Waals surface area contributed by atoms with E-state index in [1.807, 2.05) is 29.7 Å². The number of hydrogen-bond acceptors (Lipinski definition) is 5. The number of piperazine rings is 2. The molecule has 2 fully saturated rings. The summed E-state index contributed by atoms with van der Waals surface area (Å²) in [5, 5.41) is 3.26. The van der Waals surface area contributed by atoms with E-state index in [0.29, 0.717) is 30.8 Å². The molecule has 0 atom stereocenters. The van der Waals surface area contributed by atoms with E-state index in [-0.39, 0.29) is 11.8 Å². The van der Waals surface area contributed by atoms with E-state index >= 15 is 0 Å². The van der Waals surface area contributed by atoms with Crippen molar-refractivity contribution in [3.05, 3.63) is 23.2 Å². The van der Waals surface area contributed by atoms with Crippen molar-refractivity contribution in [2.75, 3.05) is 58.9 Å². The highest BCUT2D eigenvalue weighted by molar-refractivity contribution is 5.95. The first-order valence-electron chi connectivity index (χ1n) is 9.12. The molecule has 7 nitrogen and oxygen atoms in total. The summed E-state index contributed by atoms with van der Waals surface area (Å²) in [5.74, 6) is 1.74. The van der Waals surface area contributed by atoms with Crippen LogP contribution < -0.4 is 5.32 Å². The number of hydrogen-bond donors (Lipinski definition) is 1. The minimum Gasteiger partial charge on any atom is -0.466 e. The molecule has 7 heteroatoms. The van der Waals surface area contributed by atoms with Gasteiger partial charge in [-0.3, -0.25) is 14.5 Å². The van der Waals surface area contributed by atoms with Gasteiger partial charge in [-0.05, 0) is 19.9 Å². The second-order valence-electron chi connectivity index (χ2n) is 6.84. The smallest absolute Gasteiger partial charge is 0.257 e. The first-order valence-corrected chi connectivity index (χ1v) is 9.12. The highest BCUT2D eigenvalue weighted by Crippen LogP contribution is 2.17. The first-order chi connectivity index (χ1) is 12.0. The van der Waals surface area contributed by atoms with Crippen LogP contribution in [-0.2, 0) is 4.79 Å². The molecule has 2 aliphatic heterocycles. The van der Waals surface area contributed by atoms with Gasteiger partial charge >= 0.3 is 0 Å². The molecular formula is C18H28N4O3. The fourth-order valence-electron chi connectivity index (χ4n) is 3.51. The van der Waals surface area contributed by atoms with Crippen molar-refractivity contribution in [1.29, 1.82) is 0 Å². The van der Waals surface area contributed by atoms with Crippen molar-refractivity contribution >= 4 is 11.8 Å². The Bertz CT molecular complexity index is 614. The highest BCUT2D eigenvalue weighted by Gasteiger charge is 2.25. The quantitative estimate of drug-likeness (QED) is 0.857. The van der Waals surface area contributed by atoms with Crippen LogP contribution in [0.1, 0.15) is 28.3 Å². The number of nitrogens with one attached hydrogen (secondary N) is 1. The molecule has 138 valence electrons. The lowest BCUT2D eigenvalue weighted by Crippen LogP contribution is -2.50. The SMILES string of the molecule is Cc1cc(C(=O)N2CCN(CCC(=O)N3CCNCC3)CC2)c(C)o1.